The van der Waals surface area contributed by atoms with E-state index in [4.69, 9.17) is 4.42 Å². The first-order valence-corrected chi connectivity index (χ1v) is 9.53. The quantitative estimate of drug-likeness (QED) is 0.639. The molecule has 1 saturated heterocycles. The van der Waals surface area contributed by atoms with Gasteiger partial charge in [-0.2, -0.15) is 5.10 Å². The van der Waals surface area contributed by atoms with Gasteiger partial charge in [0.05, 0.1) is 16.3 Å². The Hall–Kier alpha value is -3.16. The molecule has 8 nitrogen and oxygen atoms in total. The predicted octanol–water partition coefficient (Wildman–Crippen LogP) is 3.88. The van der Waals surface area contributed by atoms with Gasteiger partial charge < -0.3 is 9.32 Å². The van der Waals surface area contributed by atoms with Crippen LogP contribution in [0.1, 0.15) is 53.1 Å². The fourth-order valence-corrected chi connectivity index (χ4v) is 3.84. The minimum Gasteiger partial charge on any atom is -0.455 e. The summed E-state index contributed by atoms with van der Waals surface area (Å²) in [5.41, 5.74) is 6.28. The minimum atomic E-state index is -0.434. The number of amides is 1. The van der Waals surface area contributed by atoms with E-state index >= 15 is 0 Å². The molecule has 0 unspecified atom stereocenters. The molecule has 1 aromatic carbocycles. The zero-order valence-electron chi connectivity index (χ0n) is 15.7. The number of carbonyl (C=O) groups is 1. The Labute approximate surface area is 162 Å². The molecular weight excluding hydrogens is 360 g/mol. The molecule has 28 heavy (non-hydrogen) atoms. The van der Waals surface area contributed by atoms with Gasteiger partial charge in [-0.25, -0.2) is 0 Å². The van der Waals surface area contributed by atoms with E-state index in [2.05, 4.69) is 10.5 Å². The summed E-state index contributed by atoms with van der Waals surface area (Å²) >= 11 is 0. The maximum atomic E-state index is 12.8. The molecule has 1 aromatic heterocycles. The van der Waals surface area contributed by atoms with Crippen molar-refractivity contribution in [1.82, 2.24) is 4.90 Å². The zero-order valence-corrected chi connectivity index (χ0v) is 15.7. The van der Waals surface area contributed by atoms with Gasteiger partial charge >= 0.3 is 0 Å². The number of carbonyl (C=O) groups excluding carboxylic acids is 1. The molecule has 0 saturated carbocycles. The van der Waals surface area contributed by atoms with Gasteiger partial charge in [-0.1, -0.05) is 0 Å². The number of hydrogen-bond donors (Lipinski definition) is 1. The Bertz CT molecular complexity index is 940. The van der Waals surface area contributed by atoms with Gasteiger partial charge in [0.1, 0.15) is 5.76 Å². The number of nitro benzene ring substituents is 1. The molecule has 0 atom stereocenters. The van der Waals surface area contributed by atoms with Crippen molar-refractivity contribution in [2.24, 2.45) is 5.10 Å². The van der Waals surface area contributed by atoms with Crippen LogP contribution in [0.25, 0.3) is 0 Å². The zero-order chi connectivity index (χ0) is 19.7. The number of rotatable bonds is 4. The first-order valence-electron chi connectivity index (χ1n) is 9.53. The molecule has 2 heterocycles. The minimum absolute atomic E-state index is 0.0351. The number of nitrogens with one attached hydrogen (secondary N) is 1. The van der Waals surface area contributed by atoms with Crippen LogP contribution in [0, 0.1) is 17.0 Å². The number of nitro groups is 1. The normalized spacial score (nSPS) is 17.6. The largest absolute Gasteiger partial charge is 0.455 e. The van der Waals surface area contributed by atoms with Gasteiger partial charge in [0.25, 0.3) is 11.6 Å². The van der Waals surface area contributed by atoms with Crippen molar-refractivity contribution in [2.45, 2.75) is 39.0 Å². The van der Waals surface area contributed by atoms with Crippen LogP contribution in [0.2, 0.25) is 0 Å². The highest BCUT2D eigenvalue weighted by Gasteiger charge is 2.30. The maximum absolute atomic E-state index is 12.8. The maximum Gasteiger partial charge on any atom is 0.289 e. The molecule has 0 spiro atoms. The summed E-state index contributed by atoms with van der Waals surface area (Å²) in [5, 5.41) is 15.3. The molecule has 2 aliphatic rings. The molecule has 8 heteroatoms. The SMILES string of the molecule is Cc1c(C(=O)N2CCCC2)oc2c1/C(=N/Nc1ccc([N+](=O)[O-])cc1)CCC2. The summed E-state index contributed by atoms with van der Waals surface area (Å²) in [4.78, 5) is 25.0. The highest BCUT2D eigenvalue weighted by Crippen LogP contribution is 2.31. The number of benzene rings is 1. The number of aryl methyl sites for hydroxylation is 1. The summed E-state index contributed by atoms with van der Waals surface area (Å²) in [6, 6.07) is 6.11. The van der Waals surface area contributed by atoms with E-state index in [9.17, 15) is 14.9 Å². The number of nitrogens with zero attached hydrogens (tertiary/aromatic N) is 3. The lowest BCUT2D eigenvalue weighted by Crippen LogP contribution is -2.27. The lowest BCUT2D eigenvalue weighted by Gasteiger charge is -2.14. The lowest BCUT2D eigenvalue weighted by molar-refractivity contribution is -0.384. The van der Waals surface area contributed by atoms with Gasteiger partial charge in [0.2, 0.25) is 0 Å². The molecular formula is C20H22N4O4. The molecule has 4 rings (SSSR count). The molecule has 1 aliphatic heterocycles. The van der Waals surface area contributed by atoms with Crippen LogP contribution in [-0.2, 0) is 6.42 Å². The van der Waals surface area contributed by atoms with Gasteiger partial charge in [0, 0.05) is 42.8 Å². The number of likely N-dealkylation sites (tertiary alicyclic amines) is 1. The topological polar surface area (TPSA) is 101 Å². The molecule has 0 bridgehead atoms. The number of hydrazone groups is 1. The highest BCUT2D eigenvalue weighted by molar-refractivity contribution is 6.06. The molecule has 1 aliphatic carbocycles. The van der Waals surface area contributed by atoms with Gasteiger partial charge in [-0.05, 0) is 44.7 Å². The third-order valence-corrected chi connectivity index (χ3v) is 5.31. The van der Waals surface area contributed by atoms with Crippen LogP contribution in [-0.4, -0.2) is 34.5 Å². The summed E-state index contributed by atoms with van der Waals surface area (Å²) in [5.74, 6) is 1.21. The Morgan fingerprint density at radius 1 is 1.18 bits per heavy atom. The van der Waals surface area contributed by atoms with Gasteiger partial charge in [0.15, 0.2) is 5.76 Å². The Kier molecular flexibility index (Phi) is 4.85. The van der Waals surface area contributed by atoms with Crippen molar-refractivity contribution >= 4 is 23.0 Å². The van der Waals surface area contributed by atoms with E-state index in [0.29, 0.717) is 11.4 Å². The second-order valence-electron chi connectivity index (χ2n) is 7.18. The smallest absolute Gasteiger partial charge is 0.289 e. The van der Waals surface area contributed by atoms with Crippen LogP contribution in [0.5, 0.6) is 0 Å². The second kappa shape index (κ2) is 7.46. The van der Waals surface area contributed by atoms with E-state index in [1.807, 2.05) is 11.8 Å². The average molecular weight is 382 g/mol. The number of furan rings is 1. The van der Waals surface area contributed by atoms with Gasteiger partial charge in [-0.3, -0.25) is 20.3 Å². The molecule has 1 N–H and O–H groups in total. The Morgan fingerprint density at radius 3 is 2.57 bits per heavy atom. The van der Waals surface area contributed by atoms with Gasteiger partial charge in [-0.15, -0.1) is 0 Å². The van der Waals surface area contributed by atoms with Crippen molar-refractivity contribution < 1.29 is 14.1 Å². The first-order chi connectivity index (χ1) is 13.5. The summed E-state index contributed by atoms with van der Waals surface area (Å²) in [6.45, 7) is 3.48. The number of non-ortho nitro benzene ring substituents is 1. The number of fused-ring (bicyclic) bond motifs is 1. The molecule has 1 fully saturated rings. The van der Waals surface area contributed by atoms with Crippen molar-refractivity contribution in [3.63, 3.8) is 0 Å². The first kappa shape index (κ1) is 18.2. The van der Waals surface area contributed by atoms with Crippen LogP contribution in [0.15, 0.2) is 33.8 Å². The van der Waals surface area contributed by atoms with Crippen molar-refractivity contribution in [3.8, 4) is 0 Å². The molecule has 2 aromatic rings. The summed E-state index contributed by atoms with van der Waals surface area (Å²) in [6.07, 6.45) is 4.55. The van der Waals surface area contributed by atoms with E-state index in [1.165, 1.54) is 12.1 Å². The predicted molar refractivity (Wildman–Crippen MR) is 105 cm³/mol. The lowest BCUT2D eigenvalue weighted by atomic mass is 9.93. The van der Waals surface area contributed by atoms with Crippen LogP contribution in [0.4, 0.5) is 11.4 Å². The van der Waals surface area contributed by atoms with Crippen molar-refractivity contribution in [3.05, 3.63) is 57.0 Å². The second-order valence-corrected chi connectivity index (χ2v) is 7.18. The van der Waals surface area contributed by atoms with Crippen LogP contribution >= 0.6 is 0 Å². The van der Waals surface area contributed by atoms with E-state index in [1.54, 1.807) is 12.1 Å². The van der Waals surface area contributed by atoms with Crippen molar-refractivity contribution in [2.75, 3.05) is 18.5 Å². The fraction of sp³-hybridized carbons (Fsp3) is 0.400. The molecule has 1 amide bonds. The number of hydrogen-bond acceptors (Lipinski definition) is 6. The monoisotopic (exact) mass is 382 g/mol. The summed E-state index contributed by atoms with van der Waals surface area (Å²) < 4.78 is 5.96. The average Bonchev–Trinajstić information content (AvgIpc) is 3.35. The molecule has 0 radical (unpaired) electrons. The van der Waals surface area contributed by atoms with E-state index in [-0.39, 0.29) is 11.6 Å². The third-order valence-electron chi connectivity index (χ3n) is 5.31. The summed E-state index contributed by atoms with van der Waals surface area (Å²) in [7, 11) is 0. The van der Waals surface area contributed by atoms with Crippen LogP contribution in [0.3, 0.4) is 0 Å². The van der Waals surface area contributed by atoms with E-state index in [0.717, 1.165) is 67.8 Å². The highest BCUT2D eigenvalue weighted by atomic mass is 16.6. The standard InChI is InChI=1S/C20H22N4O4/c1-13-18-16(22-21-14-7-9-15(10-8-14)24(26)27)5-4-6-17(18)28-19(13)20(25)23-11-2-3-12-23/h7-10,21H,2-6,11-12H2,1H3/b22-16+. The van der Waals surface area contributed by atoms with E-state index < -0.39 is 4.92 Å². The third kappa shape index (κ3) is 3.37. The van der Waals surface area contributed by atoms with Crippen LogP contribution < -0.4 is 5.43 Å². The van der Waals surface area contributed by atoms with Crippen molar-refractivity contribution in [1.29, 1.82) is 0 Å². The Morgan fingerprint density at radius 2 is 1.89 bits per heavy atom. The Balaban J connectivity index is 1.58. The number of anilines is 1. The molecule has 146 valence electrons. The fourth-order valence-electron chi connectivity index (χ4n) is 3.84.